The lowest BCUT2D eigenvalue weighted by molar-refractivity contribution is 0.225. The smallest absolute Gasteiger partial charge is 0.322 e. The molecule has 108 valence electrons. The number of nitrogen functional groups attached to an aromatic ring is 1. The number of hydrogen-bond donors (Lipinski definition) is 2. The van der Waals surface area contributed by atoms with Gasteiger partial charge < -0.3 is 16.0 Å². The highest BCUT2D eigenvalue weighted by Gasteiger charge is 2.33. The summed E-state index contributed by atoms with van der Waals surface area (Å²) in [5.41, 5.74) is 8.83. The fraction of sp³-hybridized carbons (Fsp3) is 0.500. The normalized spacial score (nSPS) is 20.7. The summed E-state index contributed by atoms with van der Waals surface area (Å²) < 4.78 is 0.885. The topological polar surface area (TPSA) is 61.6 Å². The second kappa shape index (κ2) is 5.26. The molecule has 0 aliphatic carbocycles. The van der Waals surface area contributed by atoms with Gasteiger partial charge in [-0.3, -0.25) is 4.90 Å². The van der Waals surface area contributed by atoms with Crippen molar-refractivity contribution in [2.75, 3.05) is 30.8 Å². The van der Waals surface area contributed by atoms with Crippen LogP contribution in [-0.2, 0) is 6.54 Å². The van der Waals surface area contributed by atoms with Crippen molar-refractivity contribution in [3.05, 3.63) is 22.2 Å². The predicted octanol–water partition coefficient (Wildman–Crippen LogP) is 2.16. The Morgan fingerprint density at radius 1 is 1.35 bits per heavy atom. The van der Waals surface area contributed by atoms with Crippen LogP contribution in [0.25, 0.3) is 0 Å². The molecule has 0 unspecified atom stereocenters. The van der Waals surface area contributed by atoms with Gasteiger partial charge in [0, 0.05) is 22.6 Å². The van der Waals surface area contributed by atoms with Gasteiger partial charge in [0.05, 0.1) is 11.4 Å². The molecule has 2 heterocycles. The van der Waals surface area contributed by atoms with E-state index in [1.807, 2.05) is 17.0 Å². The molecule has 1 fully saturated rings. The molecule has 1 saturated heterocycles. The molecule has 2 amide bonds. The molecule has 0 radical (unpaired) electrons. The highest BCUT2D eigenvalue weighted by Crippen LogP contribution is 2.36. The number of nitrogens with zero attached hydrogens (tertiary/aromatic N) is 2. The minimum atomic E-state index is -0.00576. The minimum absolute atomic E-state index is 0.00576. The van der Waals surface area contributed by atoms with E-state index in [2.05, 4.69) is 33.2 Å². The third-order valence-electron chi connectivity index (χ3n) is 4.23. The Kier molecular flexibility index (Phi) is 3.60. The van der Waals surface area contributed by atoms with Crippen LogP contribution < -0.4 is 16.0 Å². The lowest BCUT2D eigenvalue weighted by Gasteiger charge is -2.40. The van der Waals surface area contributed by atoms with Gasteiger partial charge in [-0.25, -0.2) is 4.79 Å². The Morgan fingerprint density at radius 2 is 2.05 bits per heavy atom. The lowest BCUT2D eigenvalue weighted by Crippen LogP contribution is -2.53. The fourth-order valence-corrected chi connectivity index (χ4v) is 3.38. The van der Waals surface area contributed by atoms with Gasteiger partial charge in [0.25, 0.3) is 0 Å². The van der Waals surface area contributed by atoms with Gasteiger partial charge in [-0.1, -0.05) is 0 Å². The molecular formula is C14H19BrN4O. The number of fused-ring (bicyclic) bond motifs is 1. The summed E-state index contributed by atoms with van der Waals surface area (Å²) in [7, 11) is 2.12. The van der Waals surface area contributed by atoms with Gasteiger partial charge in [0.15, 0.2) is 0 Å². The fourth-order valence-electron chi connectivity index (χ4n) is 3.01. The maximum Gasteiger partial charge on any atom is 0.322 e. The first-order chi connectivity index (χ1) is 9.58. The van der Waals surface area contributed by atoms with Gasteiger partial charge in [-0.15, -0.1) is 0 Å². The molecule has 20 heavy (non-hydrogen) atoms. The van der Waals surface area contributed by atoms with Crippen molar-refractivity contribution in [1.29, 1.82) is 0 Å². The number of halogens is 1. The van der Waals surface area contributed by atoms with Crippen molar-refractivity contribution in [2.24, 2.45) is 0 Å². The number of carbonyl (C=O) groups is 1. The number of hydrogen-bond acceptors (Lipinski definition) is 3. The molecule has 1 aromatic carbocycles. The second-order valence-corrected chi connectivity index (χ2v) is 6.38. The molecule has 5 nitrogen and oxygen atoms in total. The van der Waals surface area contributed by atoms with Crippen LogP contribution in [0, 0.1) is 0 Å². The molecule has 0 aromatic heterocycles. The van der Waals surface area contributed by atoms with Crippen LogP contribution in [-0.4, -0.2) is 37.1 Å². The van der Waals surface area contributed by atoms with E-state index in [9.17, 15) is 4.79 Å². The maximum atomic E-state index is 12.3. The summed E-state index contributed by atoms with van der Waals surface area (Å²) in [6.07, 6.45) is 2.00. The number of likely N-dealkylation sites (tertiary alicyclic amines) is 1. The molecule has 3 rings (SSSR count). The molecule has 0 spiro atoms. The summed E-state index contributed by atoms with van der Waals surface area (Å²) in [6, 6.07) is 4.17. The molecule has 6 heteroatoms. The number of piperidine rings is 1. The number of benzene rings is 1. The number of nitrogens with two attached hydrogens (primary N) is 1. The van der Waals surface area contributed by atoms with Crippen LogP contribution in [0.1, 0.15) is 18.4 Å². The average molecular weight is 339 g/mol. The Bertz CT molecular complexity index is 540. The summed E-state index contributed by atoms with van der Waals surface area (Å²) in [4.78, 5) is 16.5. The first-order valence-corrected chi connectivity index (χ1v) is 7.69. The van der Waals surface area contributed by atoms with Gasteiger partial charge in [0.1, 0.15) is 0 Å². The lowest BCUT2D eigenvalue weighted by atomic mass is 10.00. The first kappa shape index (κ1) is 13.7. The Labute approximate surface area is 127 Å². The third kappa shape index (κ3) is 2.27. The number of nitrogens with one attached hydrogen (secondary N) is 1. The van der Waals surface area contributed by atoms with Crippen molar-refractivity contribution >= 4 is 33.3 Å². The van der Waals surface area contributed by atoms with Crippen LogP contribution in [0.5, 0.6) is 0 Å². The molecular weight excluding hydrogens is 320 g/mol. The van der Waals surface area contributed by atoms with Crippen LogP contribution in [0.4, 0.5) is 16.2 Å². The number of anilines is 2. The van der Waals surface area contributed by atoms with E-state index in [-0.39, 0.29) is 12.1 Å². The molecule has 1 aromatic rings. The number of amides is 2. The largest absolute Gasteiger partial charge is 0.397 e. The summed E-state index contributed by atoms with van der Waals surface area (Å²) in [5.74, 6) is 0. The molecule has 0 bridgehead atoms. The van der Waals surface area contributed by atoms with Gasteiger partial charge in [-0.05, 0) is 61.0 Å². The zero-order valence-corrected chi connectivity index (χ0v) is 13.1. The zero-order chi connectivity index (χ0) is 14.3. The standard InChI is InChI=1S/C14H19BrN4O/c1-18-6-4-9(5-7-18)19-12-3-2-11(15)13(16)10(12)8-17-14(19)20/h2-3,9H,4-8,16H2,1H3,(H,17,20). The highest BCUT2D eigenvalue weighted by atomic mass is 79.9. The summed E-state index contributed by atoms with van der Waals surface area (Å²) in [6.45, 7) is 2.55. The first-order valence-electron chi connectivity index (χ1n) is 6.90. The summed E-state index contributed by atoms with van der Waals surface area (Å²) >= 11 is 3.45. The van der Waals surface area contributed by atoms with Crippen molar-refractivity contribution in [3.63, 3.8) is 0 Å². The van der Waals surface area contributed by atoms with Crippen LogP contribution in [0.2, 0.25) is 0 Å². The van der Waals surface area contributed by atoms with Crippen LogP contribution in [0.3, 0.4) is 0 Å². The molecule has 2 aliphatic heterocycles. The average Bonchev–Trinajstić information content (AvgIpc) is 2.44. The molecule has 0 atom stereocenters. The highest BCUT2D eigenvalue weighted by molar-refractivity contribution is 9.10. The van der Waals surface area contributed by atoms with Crippen LogP contribution >= 0.6 is 15.9 Å². The molecule has 2 aliphatic rings. The van der Waals surface area contributed by atoms with Gasteiger partial charge in [-0.2, -0.15) is 0 Å². The monoisotopic (exact) mass is 338 g/mol. The van der Waals surface area contributed by atoms with E-state index < -0.39 is 0 Å². The van der Waals surface area contributed by atoms with E-state index in [4.69, 9.17) is 5.73 Å². The van der Waals surface area contributed by atoms with Gasteiger partial charge >= 0.3 is 6.03 Å². The summed E-state index contributed by atoms with van der Waals surface area (Å²) in [5, 5.41) is 2.94. The van der Waals surface area contributed by atoms with Crippen molar-refractivity contribution in [3.8, 4) is 0 Å². The Hall–Kier alpha value is -1.27. The SMILES string of the molecule is CN1CCC(N2C(=O)NCc3c2ccc(Br)c3N)CC1. The minimum Gasteiger partial charge on any atom is -0.397 e. The van der Waals surface area contributed by atoms with Crippen molar-refractivity contribution < 1.29 is 4.79 Å². The van der Waals surface area contributed by atoms with E-state index in [1.54, 1.807) is 0 Å². The third-order valence-corrected chi connectivity index (χ3v) is 4.92. The molecule has 3 N–H and O–H groups in total. The second-order valence-electron chi connectivity index (χ2n) is 5.52. The maximum absolute atomic E-state index is 12.3. The van der Waals surface area contributed by atoms with E-state index in [1.165, 1.54) is 0 Å². The van der Waals surface area contributed by atoms with Crippen molar-refractivity contribution in [1.82, 2.24) is 10.2 Å². The quantitative estimate of drug-likeness (QED) is 0.771. The number of carbonyl (C=O) groups excluding carboxylic acids is 1. The Balaban J connectivity index is 1.96. The zero-order valence-electron chi connectivity index (χ0n) is 11.5. The molecule has 0 saturated carbocycles. The van der Waals surface area contributed by atoms with Crippen molar-refractivity contribution in [2.45, 2.75) is 25.4 Å². The number of rotatable bonds is 1. The van der Waals surface area contributed by atoms with E-state index in [0.717, 1.165) is 47.3 Å². The predicted molar refractivity (Wildman–Crippen MR) is 83.8 cm³/mol. The Morgan fingerprint density at radius 3 is 2.75 bits per heavy atom. The van der Waals surface area contributed by atoms with Gasteiger partial charge in [0.2, 0.25) is 0 Å². The van der Waals surface area contributed by atoms with E-state index >= 15 is 0 Å². The van der Waals surface area contributed by atoms with E-state index in [0.29, 0.717) is 6.54 Å². The number of urea groups is 1. The van der Waals surface area contributed by atoms with Crippen LogP contribution in [0.15, 0.2) is 16.6 Å².